The van der Waals surface area contributed by atoms with Gasteiger partial charge in [-0.25, -0.2) is 0 Å². The molecule has 0 atom stereocenters. The van der Waals surface area contributed by atoms with Gasteiger partial charge in [0.05, 0.1) is 5.69 Å². The average Bonchev–Trinajstić information content (AvgIpc) is 2.78. The Kier molecular flexibility index (Phi) is 5.56. The third-order valence-corrected chi connectivity index (χ3v) is 4.73. The van der Waals surface area contributed by atoms with Crippen molar-refractivity contribution in [3.05, 3.63) is 89.5 Å². The number of carbonyl (C=O) groups is 2. The van der Waals surface area contributed by atoms with Gasteiger partial charge < -0.3 is 14.8 Å². The number of hydrogen-bond acceptors (Lipinski definition) is 4. The predicted octanol–water partition coefficient (Wildman–Crippen LogP) is 4.26. The Labute approximate surface area is 169 Å². The summed E-state index contributed by atoms with van der Waals surface area (Å²) in [6, 6.07) is 21.8. The maximum Gasteiger partial charge on any atom is 0.224 e. The number of amides is 1. The van der Waals surface area contributed by atoms with E-state index in [9.17, 15) is 9.59 Å². The Morgan fingerprint density at radius 1 is 0.828 bits per heavy atom. The zero-order chi connectivity index (χ0) is 20.1. The number of anilines is 1. The van der Waals surface area contributed by atoms with Gasteiger partial charge in [0.2, 0.25) is 5.91 Å². The number of hydrogen-bond donors (Lipinski definition) is 1. The van der Waals surface area contributed by atoms with E-state index < -0.39 is 0 Å². The summed E-state index contributed by atoms with van der Waals surface area (Å²) in [5.41, 5.74) is 2.59. The molecule has 0 saturated carbocycles. The molecule has 0 bridgehead atoms. The smallest absolute Gasteiger partial charge is 0.224 e. The van der Waals surface area contributed by atoms with Crippen molar-refractivity contribution in [1.29, 1.82) is 0 Å². The van der Waals surface area contributed by atoms with Crippen molar-refractivity contribution in [3.63, 3.8) is 0 Å². The van der Waals surface area contributed by atoms with Gasteiger partial charge in [-0.2, -0.15) is 0 Å². The van der Waals surface area contributed by atoms with Crippen LogP contribution in [0.2, 0.25) is 0 Å². The van der Waals surface area contributed by atoms with E-state index in [1.54, 1.807) is 36.4 Å². The summed E-state index contributed by atoms with van der Waals surface area (Å²) in [5, 5.41) is 2.88. The minimum Gasteiger partial charge on any atom is -0.486 e. The van der Waals surface area contributed by atoms with Crippen LogP contribution in [0.4, 0.5) is 5.69 Å². The molecule has 0 aromatic heterocycles. The lowest BCUT2D eigenvalue weighted by Crippen LogP contribution is -2.16. The minimum atomic E-state index is -0.145. The van der Waals surface area contributed by atoms with Crippen LogP contribution in [0, 0.1) is 0 Å². The molecule has 1 aliphatic rings. The molecule has 1 N–H and O–H groups in total. The van der Waals surface area contributed by atoms with Gasteiger partial charge in [-0.1, -0.05) is 48.5 Å². The fraction of sp³-hybridized carbons (Fsp3) is 0.167. The van der Waals surface area contributed by atoms with Gasteiger partial charge in [-0.3, -0.25) is 9.59 Å². The van der Waals surface area contributed by atoms with Gasteiger partial charge in [0.25, 0.3) is 0 Å². The lowest BCUT2D eigenvalue weighted by atomic mass is 10.0. The summed E-state index contributed by atoms with van der Waals surface area (Å²) < 4.78 is 11.1. The average molecular weight is 387 g/mol. The van der Waals surface area contributed by atoms with Crippen LogP contribution in [0.1, 0.15) is 27.9 Å². The first-order chi connectivity index (χ1) is 14.2. The number of ketones is 1. The van der Waals surface area contributed by atoms with Crippen molar-refractivity contribution in [1.82, 2.24) is 0 Å². The van der Waals surface area contributed by atoms with Gasteiger partial charge in [0.15, 0.2) is 17.3 Å². The molecule has 0 unspecified atom stereocenters. The first-order valence-corrected chi connectivity index (χ1v) is 9.58. The lowest BCUT2D eigenvalue weighted by molar-refractivity contribution is -0.116. The van der Waals surface area contributed by atoms with E-state index in [2.05, 4.69) is 5.32 Å². The molecule has 146 valence electrons. The quantitative estimate of drug-likeness (QED) is 0.642. The number of benzene rings is 3. The van der Waals surface area contributed by atoms with E-state index in [0.717, 1.165) is 11.3 Å². The van der Waals surface area contributed by atoms with Crippen LogP contribution < -0.4 is 14.8 Å². The summed E-state index contributed by atoms with van der Waals surface area (Å²) in [5.74, 6) is 1.19. The third-order valence-electron chi connectivity index (χ3n) is 4.73. The molecule has 0 radical (unpaired) electrons. The van der Waals surface area contributed by atoms with Crippen molar-refractivity contribution in [3.8, 4) is 11.5 Å². The molecule has 0 aliphatic carbocycles. The fourth-order valence-electron chi connectivity index (χ4n) is 3.25. The number of rotatable bonds is 6. The minimum absolute atomic E-state index is 0.117. The summed E-state index contributed by atoms with van der Waals surface area (Å²) in [6.45, 7) is 1.08. The van der Waals surface area contributed by atoms with Crippen molar-refractivity contribution >= 4 is 17.4 Å². The molecular weight excluding hydrogens is 366 g/mol. The van der Waals surface area contributed by atoms with Crippen LogP contribution in [-0.2, 0) is 11.2 Å². The Balaban J connectivity index is 1.42. The summed E-state index contributed by atoms with van der Waals surface area (Å²) in [4.78, 5) is 25.3. The van der Waals surface area contributed by atoms with E-state index in [1.807, 2.05) is 36.4 Å². The topological polar surface area (TPSA) is 64.6 Å². The van der Waals surface area contributed by atoms with Crippen LogP contribution >= 0.6 is 0 Å². The van der Waals surface area contributed by atoms with Crippen LogP contribution in [0.15, 0.2) is 72.8 Å². The second kappa shape index (κ2) is 8.61. The molecule has 0 saturated heterocycles. The first kappa shape index (κ1) is 18.7. The summed E-state index contributed by atoms with van der Waals surface area (Å²) in [6.07, 6.45) is 0.866. The van der Waals surface area contributed by atoms with Crippen molar-refractivity contribution in [2.75, 3.05) is 18.5 Å². The highest BCUT2D eigenvalue weighted by Gasteiger charge is 2.16. The molecule has 3 aromatic rings. The third kappa shape index (κ3) is 4.46. The number of para-hydroxylation sites is 1. The molecule has 0 fully saturated rings. The number of carbonyl (C=O) groups excluding carboxylic acids is 2. The van der Waals surface area contributed by atoms with Gasteiger partial charge in [-0.15, -0.1) is 0 Å². The van der Waals surface area contributed by atoms with E-state index in [0.29, 0.717) is 48.6 Å². The summed E-state index contributed by atoms with van der Waals surface area (Å²) >= 11 is 0. The number of nitrogens with one attached hydrogen (secondary N) is 1. The van der Waals surface area contributed by atoms with E-state index in [-0.39, 0.29) is 11.7 Å². The van der Waals surface area contributed by atoms with E-state index in [4.69, 9.17) is 9.47 Å². The molecule has 1 aliphatic heterocycles. The van der Waals surface area contributed by atoms with Crippen LogP contribution in [-0.4, -0.2) is 24.9 Å². The Hall–Kier alpha value is -3.60. The molecule has 5 heteroatoms. The highest BCUT2D eigenvalue weighted by Crippen LogP contribution is 2.31. The van der Waals surface area contributed by atoms with Gasteiger partial charge in [0.1, 0.15) is 13.2 Å². The van der Waals surface area contributed by atoms with Crippen LogP contribution in [0.5, 0.6) is 11.5 Å². The SMILES string of the molecule is O=C(CCc1ccc2c(c1)OCCO2)Nc1ccccc1C(=O)c1ccccc1. The van der Waals surface area contributed by atoms with E-state index in [1.165, 1.54) is 0 Å². The molecule has 29 heavy (non-hydrogen) atoms. The highest BCUT2D eigenvalue weighted by atomic mass is 16.6. The largest absolute Gasteiger partial charge is 0.486 e. The Morgan fingerprint density at radius 2 is 1.55 bits per heavy atom. The fourth-order valence-corrected chi connectivity index (χ4v) is 3.25. The molecule has 4 rings (SSSR count). The molecule has 1 heterocycles. The van der Waals surface area contributed by atoms with Gasteiger partial charge in [-0.05, 0) is 36.2 Å². The maximum atomic E-state index is 12.8. The second-order valence-corrected chi connectivity index (χ2v) is 6.77. The molecule has 3 aromatic carbocycles. The molecular formula is C24H21NO4. The number of aryl methyl sites for hydroxylation is 1. The van der Waals surface area contributed by atoms with Crippen molar-refractivity contribution < 1.29 is 19.1 Å². The first-order valence-electron chi connectivity index (χ1n) is 9.58. The van der Waals surface area contributed by atoms with E-state index >= 15 is 0 Å². The highest BCUT2D eigenvalue weighted by molar-refractivity contribution is 6.13. The maximum absolute atomic E-state index is 12.8. The Morgan fingerprint density at radius 3 is 2.38 bits per heavy atom. The standard InChI is InChI=1S/C24H21NO4/c26-23(13-11-17-10-12-21-22(16-17)29-15-14-28-21)25-20-9-5-4-8-19(20)24(27)18-6-2-1-3-7-18/h1-10,12,16H,11,13-15H2,(H,25,26). The Bertz CT molecular complexity index is 1030. The van der Waals surface area contributed by atoms with Crippen molar-refractivity contribution in [2.45, 2.75) is 12.8 Å². The normalized spacial score (nSPS) is 12.3. The molecule has 1 amide bonds. The zero-order valence-electron chi connectivity index (χ0n) is 15.9. The number of fused-ring (bicyclic) bond motifs is 1. The zero-order valence-corrected chi connectivity index (χ0v) is 15.9. The van der Waals surface area contributed by atoms with Crippen LogP contribution in [0.25, 0.3) is 0 Å². The van der Waals surface area contributed by atoms with Crippen LogP contribution in [0.3, 0.4) is 0 Å². The van der Waals surface area contributed by atoms with Gasteiger partial charge in [0, 0.05) is 17.5 Å². The second-order valence-electron chi connectivity index (χ2n) is 6.77. The van der Waals surface area contributed by atoms with Crippen molar-refractivity contribution in [2.24, 2.45) is 0 Å². The number of ether oxygens (including phenoxy) is 2. The monoisotopic (exact) mass is 387 g/mol. The lowest BCUT2D eigenvalue weighted by Gasteiger charge is -2.18. The predicted molar refractivity (Wildman–Crippen MR) is 111 cm³/mol. The molecule has 0 spiro atoms. The van der Waals surface area contributed by atoms with Gasteiger partial charge >= 0.3 is 0 Å². The summed E-state index contributed by atoms with van der Waals surface area (Å²) in [7, 11) is 0. The molecule has 5 nitrogen and oxygen atoms in total.